The highest BCUT2D eigenvalue weighted by atomic mass is 79.9. The lowest BCUT2D eigenvalue weighted by Gasteiger charge is -2.39. The van der Waals surface area contributed by atoms with Crippen molar-refractivity contribution in [1.82, 2.24) is 15.5 Å². The molecule has 0 bridgehead atoms. The molecule has 28 heavy (non-hydrogen) atoms. The smallest absolute Gasteiger partial charge is 0.254 e. The minimum absolute atomic E-state index is 0.248. The number of hydrogen-bond donors (Lipinski definition) is 4. The summed E-state index contributed by atoms with van der Waals surface area (Å²) in [5.74, 6) is -1.34. The van der Waals surface area contributed by atoms with Crippen LogP contribution in [-0.4, -0.2) is 65.3 Å². The first-order valence-electron chi connectivity index (χ1n) is 9.73. The van der Waals surface area contributed by atoms with Crippen molar-refractivity contribution in [3.8, 4) is 0 Å². The molecule has 7 nitrogen and oxygen atoms in total. The van der Waals surface area contributed by atoms with Crippen LogP contribution in [-0.2, 0) is 9.59 Å². The van der Waals surface area contributed by atoms with Crippen LogP contribution in [0.25, 0.3) is 0 Å². The SMILES string of the molecule is C[C@H](NC(=O)[C@H](O)[C@@H](O)C(=O)N1CCC2(CCNC2)CC1)c1ccc(Br)cc1. The maximum absolute atomic E-state index is 12.6. The predicted molar refractivity (Wildman–Crippen MR) is 108 cm³/mol. The Morgan fingerprint density at radius 3 is 2.36 bits per heavy atom. The molecule has 8 heteroatoms. The summed E-state index contributed by atoms with van der Waals surface area (Å²) in [5, 5.41) is 26.5. The van der Waals surface area contributed by atoms with E-state index in [1.807, 2.05) is 24.3 Å². The zero-order valence-electron chi connectivity index (χ0n) is 16.0. The van der Waals surface area contributed by atoms with Gasteiger partial charge in [-0.15, -0.1) is 0 Å². The molecule has 2 saturated heterocycles. The molecule has 1 aromatic carbocycles. The van der Waals surface area contributed by atoms with Crippen molar-refractivity contribution >= 4 is 27.7 Å². The zero-order chi connectivity index (χ0) is 20.3. The number of likely N-dealkylation sites (tertiary alicyclic amines) is 1. The first-order valence-corrected chi connectivity index (χ1v) is 10.5. The lowest BCUT2D eigenvalue weighted by molar-refractivity contribution is -0.154. The lowest BCUT2D eigenvalue weighted by Crippen LogP contribution is -2.53. The van der Waals surface area contributed by atoms with Crippen molar-refractivity contribution in [3.63, 3.8) is 0 Å². The van der Waals surface area contributed by atoms with Gasteiger partial charge in [0.1, 0.15) is 0 Å². The van der Waals surface area contributed by atoms with Gasteiger partial charge in [0, 0.05) is 24.1 Å². The molecule has 0 aromatic heterocycles. The zero-order valence-corrected chi connectivity index (χ0v) is 17.6. The molecule has 4 N–H and O–H groups in total. The number of aliphatic hydroxyl groups is 2. The number of amides is 2. The van der Waals surface area contributed by atoms with E-state index in [0.717, 1.165) is 42.4 Å². The number of aliphatic hydroxyl groups excluding tert-OH is 2. The summed E-state index contributed by atoms with van der Waals surface area (Å²) in [4.78, 5) is 26.4. The Kier molecular flexibility index (Phi) is 6.75. The Labute approximate surface area is 173 Å². The number of halogens is 1. The van der Waals surface area contributed by atoms with Crippen LogP contribution in [0.2, 0.25) is 0 Å². The number of benzene rings is 1. The van der Waals surface area contributed by atoms with Gasteiger partial charge in [0.2, 0.25) is 0 Å². The van der Waals surface area contributed by atoms with Crippen LogP contribution in [0.5, 0.6) is 0 Å². The molecule has 2 heterocycles. The molecule has 154 valence electrons. The van der Waals surface area contributed by atoms with E-state index in [2.05, 4.69) is 26.6 Å². The summed E-state index contributed by atoms with van der Waals surface area (Å²) in [6, 6.07) is 7.06. The molecule has 0 unspecified atom stereocenters. The van der Waals surface area contributed by atoms with Gasteiger partial charge < -0.3 is 25.7 Å². The number of rotatable bonds is 5. The fraction of sp³-hybridized carbons (Fsp3) is 0.600. The van der Waals surface area contributed by atoms with Gasteiger partial charge in [-0.3, -0.25) is 9.59 Å². The molecule has 2 amide bonds. The minimum Gasteiger partial charge on any atom is -0.380 e. The van der Waals surface area contributed by atoms with E-state index in [4.69, 9.17) is 0 Å². The number of hydrogen-bond acceptors (Lipinski definition) is 5. The molecular formula is C20H28BrN3O4. The molecule has 3 atom stereocenters. The van der Waals surface area contributed by atoms with E-state index in [0.29, 0.717) is 13.1 Å². The summed E-state index contributed by atoms with van der Waals surface area (Å²) in [5.41, 5.74) is 1.11. The van der Waals surface area contributed by atoms with Crippen molar-refractivity contribution in [3.05, 3.63) is 34.3 Å². The van der Waals surface area contributed by atoms with E-state index in [1.54, 1.807) is 11.8 Å². The summed E-state index contributed by atoms with van der Waals surface area (Å²) >= 11 is 3.35. The number of nitrogens with one attached hydrogen (secondary N) is 2. The van der Waals surface area contributed by atoms with E-state index in [1.165, 1.54) is 0 Å². The first-order chi connectivity index (χ1) is 13.3. The monoisotopic (exact) mass is 453 g/mol. The maximum Gasteiger partial charge on any atom is 0.254 e. The third kappa shape index (κ3) is 4.74. The highest BCUT2D eigenvalue weighted by Gasteiger charge is 2.41. The van der Waals surface area contributed by atoms with Gasteiger partial charge in [0.05, 0.1) is 6.04 Å². The summed E-state index contributed by atoms with van der Waals surface area (Å²) in [7, 11) is 0. The molecule has 3 rings (SSSR count). The Bertz CT molecular complexity index is 696. The summed E-state index contributed by atoms with van der Waals surface area (Å²) < 4.78 is 0.924. The Morgan fingerprint density at radius 2 is 1.79 bits per heavy atom. The normalized spacial score (nSPS) is 21.9. The Balaban J connectivity index is 1.52. The minimum atomic E-state index is -1.80. The molecule has 1 spiro atoms. The van der Waals surface area contributed by atoms with E-state index < -0.39 is 24.0 Å². The fourth-order valence-corrected chi connectivity index (χ4v) is 4.29. The van der Waals surface area contributed by atoms with Crippen molar-refractivity contribution in [2.75, 3.05) is 26.2 Å². The van der Waals surface area contributed by atoms with Crippen molar-refractivity contribution in [1.29, 1.82) is 0 Å². The third-order valence-corrected chi connectivity index (χ3v) is 6.55. The van der Waals surface area contributed by atoms with Crippen molar-refractivity contribution < 1.29 is 19.8 Å². The molecule has 2 aliphatic heterocycles. The molecule has 0 aliphatic carbocycles. The molecule has 0 radical (unpaired) electrons. The maximum atomic E-state index is 12.6. The third-order valence-electron chi connectivity index (χ3n) is 6.02. The van der Waals surface area contributed by atoms with E-state index in [9.17, 15) is 19.8 Å². The number of carbonyl (C=O) groups is 2. The van der Waals surface area contributed by atoms with E-state index >= 15 is 0 Å². The van der Waals surface area contributed by atoms with Crippen molar-refractivity contribution in [2.45, 2.75) is 44.4 Å². The topological polar surface area (TPSA) is 102 Å². The van der Waals surface area contributed by atoms with Crippen LogP contribution < -0.4 is 10.6 Å². The van der Waals surface area contributed by atoms with Crippen LogP contribution in [0.4, 0.5) is 0 Å². The highest BCUT2D eigenvalue weighted by molar-refractivity contribution is 9.10. The molecule has 1 aromatic rings. The molecule has 2 aliphatic rings. The average Bonchev–Trinajstić information content (AvgIpc) is 3.15. The van der Waals surface area contributed by atoms with Gasteiger partial charge in [-0.25, -0.2) is 0 Å². The quantitative estimate of drug-likeness (QED) is 0.531. The lowest BCUT2D eigenvalue weighted by atomic mass is 9.78. The Morgan fingerprint density at radius 1 is 1.14 bits per heavy atom. The van der Waals surface area contributed by atoms with Crippen LogP contribution in [0.15, 0.2) is 28.7 Å². The summed E-state index contributed by atoms with van der Waals surface area (Å²) in [6.45, 7) is 4.84. The van der Waals surface area contributed by atoms with Crippen LogP contribution in [0, 0.1) is 5.41 Å². The van der Waals surface area contributed by atoms with Crippen LogP contribution >= 0.6 is 15.9 Å². The van der Waals surface area contributed by atoms with Crippen LogP contribution in [0.1, 0.15) is 37.8 Å². The van der Waals surface area contributed by atoms with Crippen molar-refractivity contribution in [2.24, 2.45) is 5.41 Å². The number of carbonyl (C=O) groups excluding carboxylic acids is 2. The molecular weight excluding hydrogens is 426 g/mol. The molecule has 2 fully saturated rings. The molecule has 0 saturated carbocycles. The van der Waals surface area contributed by atoms with Gasteiger partial charge in [0.25, 0.3) is 11.8 Å². The van der Waals surface area contributed by atoms with Gasteiger partial charge >= 0.3 is 0 Å². The summed E-state index contributed by atoms with van der Waals surface area (Å²) in [6.07, 6.45) is -0.693. The fourth-order valence-electron chi connectivity index (χ4n) is 4.02. The van der Waals surface area contributed by atoms with Gasteiger partial charge in [-0.2, -0.15) is 0 Å². The Hall–Kier alpha value is -1.48. The second-order valence-corrected chi connectivity index (χ2v) is 8.84. The second kappa shape index (κ2) is 8.90. The predicted octanol–water partition coefficient (Wildman–Crippen LogP) is 0.950. The van der Waals surface area contributed by atoms with Gasteiger partial charge in [-0.1, -0.05) is 28.1 Å². The standard InChI is InChI=1S/C20H28BrN3O4/c1-13(14-2-4-15(21)5-3-14)23-18(27)16(25)17(26)19(28)24-10-7-20(8-11-24)6-9-22-12-20/h2-5,13,16-17,22,25-26H,6-12H2,1H3,(H,23,27)/t13-,16+,17+/m0/s1. The largest absolute Gasteiger partial charge is 0.380 e. The van der Waals surface area contributed by atoms with E-state index in [-0.39, 0.29) is 11.5 Å². The number of nitrogens with zero attached hydrogens (tertiary/aromatic N) is 1. The second-order valence-electron chi connectivity index (χ2n) is 7.92. The first kappa shape index (κ1) is 21.2. The average molecular weight is 454 g/mol. The number of piperidine rings is 1. The highest BCUT2D eigenvalue weighted by Crippen LogP contribution is 2.37. The van der Waals surface area contributed by atoms with Gasteiger partial charge in [0.15, 0.2) is 12.2 Å². The van der Waals surface area contributed by atoms with Gasteiger partial charge in [-0.05, 0) is 55.8 Å². The van der Waals surface area contributed by atoms with Crippen LogP contribution in [0.3, 0.4) is 0 Å².